The largest absolute Gasteiger partial charge is 0.497 e. The Morgan fingerprint density at radius 3 is 2.79 bits per heavy atom. The number of amides is 2. The van der Waals surface area contributed by atoms with Gasteiger partial charge in [0.15, 0.2) is 5.82 Å². The number of carbonyl (C=O) groups excluding carboxylic acids is 2. The van der Waals surface area contributed by atoms with E-state index in [4.69, 9.17) is 9.26 Å². The smallest absolute Gasteiger partial charge is 0.328 e. The molecular weight excluding hydrogens is 312 g/mol. The van der Waals surface area contributed by atoms with Gasteiger partial charge < -0.3 is 14.2 Å². The number of rotatable bonds is 5. The van der Waals surface area contributed by atoms with Crippen molar-refractivity contribution in [3.8, 4) is 5.75 Å². The van der Waals surface area contributed by atoms with Gasteiger partial charge in [-0.15, -0.1) is 0 Å². The van der Waals surface area contributed by atoms with E-state index in [0.29, 0.717) is 18.9 Å². The molecule has 126 valence electrons. The number of hydrogen-bond donors (Lipinski definition) is 1. The average molecular weight is 330 g/mol. The Morgan fingerprint density at radius 2 is 2.17 bits per heavy atom. The fourth-order valence-corrected chi connectivity index (χ4v) is 2.61. The van der Waals surface area contributed by atoms with Crippen molar-refractivity contribution in [2.75, 3.05) is 19.0 Å². The van der Waals surface area contributed by atoms with Gasteiger partial charge in [0.1, 0.15) is 5.75 Å². The van der Waals surface area contributed by atoms with E-state index in [1.165, 1.54) is 0 Å². The number of methoxy groups -OCH3 is 1. The summed E-state index contributed by atoms with van der Waals surface area (Å²) in [6.45, 7) is 2.49. The predicted octanol–water partition coefficient (Wildman–Crippen LogP) is 1.37. The second-order valence-electron chi connectivity index (χ2n) is 5.66. The first-order valence-electron chi connectivity index (χ1n) is 7.57. The van der Waals surface area contributed by atoms with Crippen LogP contribution in [-0.2, 0) is 16.1 Å². The zero-order valence-corrected chi connectivity index (χ0v) is 13.5. The SMILES string of the molecule is COc1ccc(CN2CC(C(=O)Nc3nc(C)no3)CC2=O)cc1. The molecule has 1 saturated heterocycles. The Balaban J connectivity index is 1.59. The molecule has 0 spiro atoms. The maximum Gasteiger partial charge on any atom is 0.328 e. The Bertz CT molecular complexity index is 741. The molecule has 3 rings (SSSR count). The van der Waals surface area contributed by atoms with Gasteiger partial charge in [0.05, 0.1) is 13.0 Å². The van der Waals surface area contributed by atoms with Crippen molar-refractivity contribution in [2.45, 2.75) is 19.9 Å². The van der Waals surface area contributed by atoms with E-state index in [2.05, 4.69) is 15.5 Å². The van der Waals surface area contributed by atoms with Crippen LogP contribution in [0.4, 0.5) is 6.01 Å². The lowest BCUT2D eigenvalue weighted by molar-refractivity contribution is -0.128. The summed E-state index contributed by atoms with van der Waals surface area (Å²) in [5.41, 5.74) is 0.984. The lowest BCUT2D eigenvalue weighted by atomic mass is 10.1. The van der Waals surface area contributed by atoms with Crippen molar-refractivity contribution >= 4 is 17.8 Å². The van der Waals surface area contributed by atoms with Gasteiger partial charge in [-0.25, -0.2) is 0 Å². The van der Waals surface area contributed by atoms with Crippen LogP contribution >= 0.6 is 0 Å². The number of anilines is 1. The third kappa shape index (κ3) is 3.53. The molecule has 1 unspecified atom stereocenters. The van der Waals surface area contributed by atoms with Gasteiger partial charge in [-0.1, -0.05) is 17.3 Å². The van der Waals surface area contributed by atoms with Crippen LogP contribution in [0.25, 0.3) is 0 Å². The molecule has 0 saturated carbocycles. The van der Waals surface area contributed by atoms with Gasteiger partial charge in [-0.05, 0) is 24.6 Å². The highest BCUT2D eigenvalue weighted by Crippen LogP contribution is 2.22. The van der Waals surface area contributed by atoms with Crippen LogP contribution in [-0.4, -0.2) is 40.5 Å². The minimum atomic E-state index is -0.428. The van der Waals surface area contributed by atoms with Crippen LogP contribution in [0, 0.1) is 12.8 Å². The number of carbonyl (C=O) groups is 2. The Hall–Kier alpha value is -2.90. The molecule has 0 radical (unpaired) electrons. The van der Waals surface area contributed by atoms with Crippen LogP contribution in [0.2, 0.25) is 0 Å². The molecule has 1 aromatic heterocycles. The van der Waals surface area contributed by atoms with E-state index < -0.39 is 5.92 Å². The minimum absolute atomic E-state index is 0.0484. The van der Waals surface area contributed by atoms with E-state index in [1.807, 2.05) is 24.3 Å². The summed E-state index contributed by atoms with van der Waals surface area (Å²) in [5.74, 6) is 0.437. The zero-order chi connectivity index (χ0) is 17.1. The molecule has 2 amide bonds. The fraction of sp³-hybridized carbons (Fsp3) is 0.375. The summed E-state index contributed by atoms with van der Waals surface area (Å²) in [7, 11) is 1.60. The van der Waals surface area contributed by atoms with E-state index in [1.54, 1.807) is 18.9 Å². The molecule has 1 fully saturated rings. The molecule has 24 heavy (non-hydrogen) atoms. The Morgan fingerprint density at radius 1 is 1.42 bits per heavy atom. The first kappa shape index (κ1) is 16.0. The molecule has 0 aliphatic carbocycles. The fourth-order valence-electron chi connectivity index (χ4n) is 2.61. The van der Waals surface area contributed by atoms with Crippen molar-refractivity contribution < 1.29 is 18.8 Å². The highest BCUT2D eigenvalue weighted by Gasteiger charge is 2.34. The third-order valence-corrected chi connectivity index (χ3v) is 3.88. The lowest BCUT2D eigenvalue weighted by Gasteiger charge is -2.16. The van der Waals surface area contributed by atoms with Crippen LogP contribution in [0.5, 0.6) is 5.75 Å². The molecule has 1 aromatic carbocycles. The molecule has 8 heteroatoms. The summed E-state index contributed by atoms with van der Waals surface area (Å²) in [5, 5.41) is 6.16. The average Bonchev–Trinajstić information content (AvgIpc) is 3.14. The number of likely N-dealkylation sites (tertiary alicyclic amines) is 1. The van der Waals surface area contributed by atoms with Crippen molar-refractivity contribution in [3.05, 3.63) is 35.7 Å². The number of aromatic nitrogens is 2. The van der Waals surface area contributed by atoms with Gasteiger partial charge in [-0.3, -0.25) is 14.9 Å². The van der Waals surface area contributed by atoms with Gasteiger partial charge in [0.2, 0.25) is 11.8 Å². The molecule has 2 aromatic rings. The van der Waals surface area contributed by atoms with Gasteiger partial charge in [0, 0.05) is 19.5 Å². The molecule has 1 atom stereocenters. The van der Waals surface area contributed by atoms with Gasteiger partial charge in [0.25, 0.3) is 0 Å². The van der Waals surface area contributed by atoms with E-state index >= 15 is 0 Å². The zero-order valence-electron chi connectivity index (χ0n) is 13.5. The number of hydrogen-bond acceptors (Lipinski definition) is 6. The van der Waals surface area contributed by atoms with Crippen molar-refractivity contribution in [1.82, 2.24) is 15.0 Å². The first-order valence-corrected chi connectivity index (χ1v) is 7.57. The third-order valence-electron chi connectivity index (χ3n) is 3.88. The molecular formula is C16H18N4O4. The summed E-state index contributed by atoms with van der Waals surface area (Å²) in [6, 6.07) is 7.55. The second-order valence-corrected chi connectivity index (χ2v) is 5.66. The molecule has 0 bridgehead atoms. The van der Waals surface area contributed by atoms with Crippen LogP contribution in [0.15, 0.2) is 28.8 Å². The number of nitrogens with zero attached hydrogens (tertiary/aromatic N) is 3. The minimum Gasteiger partial charge on any atom is -0.497 e. The van der Waals surface area contributed by atoms with Gasteiger partial charge >= 0.3 is 6.01 Å². The number of nitrogens with one attached hydrogen (secondary N) is 1. The maximum absolute atomic E-state index is 12.2. The molecule has 2 heterocycles. The van der Waals surface area contributed by atoms with Crippen molar-refractivity contribution in [3.63, 3.8) is 0 Å². The maximum atomic E-state index is 12.2. The molecule has 1 aliphatic rings. The van der Waals surface area contributed by atoms with Gasteiger partial charge in [-0.2, -0.15) is 4.98 Å². The first-order chi connectivity index (χ1) is 11.5. The highest BCUT2D eigenvalue weighted by molar-refractivity contribution is 5.95. The highest BCUT2D eigenvalue weighted by atomic mass is 16.5. The summed E-state index contributed by atoms with van der Waals surface area (Å²) < 4.78 is 9.98. The molecule has 1 aliphatic heterocycles. The lowest BCUT2D eigenvalue weighted by Crippen LogP contribution is -2.28. The van der Waals surface area contributed by atoms with E-state index in [0.717, 1.165) is 11.3 Å². The topological polar surface area (TPSA) is 97.6 Å². The number of ether oxygens (including phenoxy) is 1. The van der Waals surface area contributed by atoms with E-state index in [9.17, 15) is 9.59 Å². The van der Waals surface area contributed by atoms with Crippen molar-refractivity contribution in [1.29, 1.82) is 0 Å². The van der Waals surface area contributed by atoms with Crippen molar-refractivity contribution in [2.24, 2.45) is 5.92 Å². The normalized spacial score (nSPS) is 17.2. The second kappa shape index (κ2) is 6.69. The van der Waals surface area contributed by atoms with E-state index in [-0.39, 0.29) is 24.2 Å². The predicted molar refractivity (Wildman–Crippen MR) is 84.2 cm³/mol. The molecule has 1 N–H and O–H groups in total. The summed E-state index contributed by atoms with van der Waals surface area (Å²) in [6.07, 6.45) is 0.176. The monoisotopic (exact) mass is 330 g/mol. The summed E-state index contributed by atoms with van der Waals surface area (Å²) >= 11 is 0. The van der Waals surface area contributed by atoms with Crippen LogP contribution in [0.1, 0.15) is 17.8 Å². The standard InChI is InChI=1S/C16H18N4O4/c1-10-17-16(24-19-10)18-15(22)12-7-14(21)20(9-12)8-11-3-5-13(23-2)6-4-11/h3-6,12H,7-9H2,1-2H3,(H,17,18,19,22). The van der Waals surface area contributed by atoms with Crippen LogP contribution < -0.4 is 10.1 Å². The quantitative estimate of drug-likeness (QED) is 0.889. The number of aryl methyl sites for hydroxylation is 1. The molecule has 8 nitrogen and oxygen atoms in total. The van der Waals surface area contributed by atoms with Crippen LogP contribution in [0.3, 0.4) is 0 Å². The summed E-state index contributed by atoms with van der Waals surface area (Å²) in [4.78, 5) is 30.0. The Labute approximate surface area is 138 Å². The number of benzene rings is 1. The Kier molecular flexibility index (Phi) is 4.45.